The van der Waals surface area contributed by atoms with Crippen molar-refractivity contribution in [3.63, 3.8) is 0 Å². The molecule has 0 spiro atoms. The minimum Gasteiger partial charge on any atom is -0.497 e. The summed E-state index contributed by atoms with van der Waals surface area (Å²) in [4.78, 5) is 27.0. The van der Waals surface area contributed by atoms with E-state index in [1.54, 1.807) is 31.7 Å². The van der Waals surface area contributed by atoms with Gasteiger partial charge in [-0.2, -0.15) is 0 Å². The highest BCUT2D eigenvalue weighted by Crippen LogP contribution is 2.35. The van der Waals surface area contributed by atoms with E-state index in [0.29, 0.717) is 22.3 Å². The zero-order valence-corrected chi connectivity index (χ0v) is 16.3. The lowest BCUT2D eigenvalue weighted by Gasteiger charge is -2.08. The van der Waals surface area contributed by atoms with Gasteiger partial charge in [0.15, 0.2) is 5.13 Å². The van der Waals surface area contributed by atoms with Crippen LogP contribution >= 0.6 is 22.9 Å². The molecule has 0 bridgehead atoms. The number of thiazole rings is 1. The molecule has 0 aliphatic carbocycles. The fourth-order valence-corrected chi connectivity index (χ4v) is 3.40. The number of hydrogen-bond acceptors (Lipinski definition) is 7. The second kappa shape index (κ2) is 8.24. The number of aromatic nitrogens is 1. The fourth-order valence-electron chi connectivity index (χ4n) is 2.43. The number of anilines is 1. The van der Waals surface area contributed by atoms with Gasteiger partial charge in [0.1, 0.15) is 11.5 Å². The monoisotopic (exact) mass is 419 g/mol. The van der Waals surface area contributed by atoms with Crippen molar-refractivity contribution < 1.29 is 19.2 Å². The van der Waals surface area contributed by atoms with Crippen LogP contribution in [-0.2, 0) is 0 Å². The second-order valence-corrected chi connectivity index (χ2v) is 6.74. The Balaban J connectivity index is 1.82. The molecule has 1 N–H and O–H groups in total. The molecule has 144 valence electrons. The molecule has 3 aromatic rings. The number of nitro groups is 1. The molecular weight excluding hydrogens is 406 g/mol. The smallest absolute Gasteiger partial charge is 0.270 e. The lowest BCUT2D eigenvalue weighted by atomic mass is 10.1. The number of non-ortho nitro benzene ring substituents is 1. The lowest BCUT2D eigenvalue weighted by molar-refractivity contribution is -0.384. The third kappa shape index (κ3) is 4.05. The predicted octanol–water partition coefficient (Wildman–Crippen LogP) is 4.64. The van der Waals surface area contributed by atoms with E-state index in [1.807, 2.05) is 6.07 Å². The normalized spacial score (nSPS) is 10.4. The van der Waals surface area contributed by atoms with Crippen LogP contribution in [0.5, 0.6) is 11.5 Å². The van der Waals surface area contributed by atoms with Gasteiger partial charge >= 0.3 is 0 Å². The van der Waals surface area contributed by atoms with Crippen LogP contribution in [0.25, 0.3) is 11.3 Å². The average Bonchev–Trinajstić information content (AvgIpc) is 3.15. The number of carbonyl (C=O) groups excluding carboxylic acids is 1. The summed E-state index contributed by atoms with van der Waals surface area (Å²) in [5, 5.41) is 15.5. The van der Waals surface area contributed by atoms with Crippen molar-refractivity contribution in [1.29, 1.82) is 0 Å². The Morgan fingerprint density at radius 1 is 1.21 bits per heavy atom. The third-order valence-corrected chi connectivity index (χ3v) is 4.89. The molecule has 0 radical (unpaired) electrons. The second-order valence-electron chi connectivity index (χ2n) is 5.48. The predicted molar refractivity (Wildman–Crippen MR) is 107 cm³/mol. The lowest BCUT2D eigenvalue weighted by Crippen LogP contribution is -2.12. The average molecular weight is 420 g/mol. The Hall–Kier alpha value is -3.17. The maximum Gasteiger partial charge on any atom is 0.270 e. The largest absolute Gasteiger partial charge is 0.497 e. The van der Waals surface area contributed by atoms with Gasteiger partial charge in [0.25, 0.3) is 11.6 Å². The van der Waals surface area contributed by atoms with Crippen molar-refractivity contribution in [2.24, 2.45) is 0 Å². The molecule has 1 aromatic heterocycles. The van der Waals surface area contributed by atoms with Crippen LogP contribution in [-0.4, -0.2) is 30.0 Å². The molecule has 0 atom stereocenters. The first-order valence-electron chi connectivity index (χ1n) is 7.86. The first kappa shape index (κ1) is 19.6. The highest BCUT2D eigenvalue weighted by atomic mass is 35.5. The number of ether oxygens (including phenoxy) is 2. The van der Waals surface area contributed by atoms with E-state index in [4.69, 9.17) is 21.1 Å². The highest BCUT2D eigenvalue weighted by molar-refractivity contribution is 7.14. The van der Waals surface area contributed by atoms with Gasteiger partial charge in [-0.15, -0.1) is 11.3 Å². The molecule has 0 aliphatic heterocycles. The highest BCUT2D eigenvalue weighted by Gasteiger charge is 2.17. The van der Waals surface area contributed by atoms with Gasteiger partial charge in [-0.25, -0.2) is 4.98 Å². The van der Waals surface area contributed by atoms with Gasteiger partial charge in [0.2, 0.25) is 0 Å². The number of benzene rings is 2. The number of halogens is 1. The Morgan fingerprint density at radius 3 is 2.64 bits per heavy atom. The number of amides is 1. The molecule has 10 heteroatoms. The SMILES string of the molecule is COc1ccc(-c2csc(NC(=O)c3ccc([N+](=O)[O-])cc3Cl)n2)c(OC)c1. The zero-order valence-electron chi connectivity index (χ0n) is 14.8. The van der Waals surface area contributed by atoms with Crippen LogP contribution in [0.1, 0.15) is 10.4 Å². The maximum atomic E-state index is 12.4. The van der Waals surface area contributed by atoms with Crippen molar-refractivity contribution >= 4 is 39.7 Å². The summed E-state index contributed by atoms with van der Waals surface area (Å²) in [6, 6.07) is 8.99. The molecule has 1 heterocycles. The molecule has 0 saturated carbocycles. The number of nitrogens with one attached hydrogen (secondary N) is 1. The summed E-state index contributed by atoms with van der Waals surface area (Å²) in [6.45, 7) is 0. The Bertz CT molecular complexity index is 1050. The van der Waals surface area contributed by atoms with E-state index >= 15 is 0 Å². The van der Waals surface area contributed by atoms with Crippen LogP contribution in [0.2, 0.25) is 5.02 Å². The van der Waals surface area contributed by atoms with Gasteiger partial charge in [-0.3, -0.25) is 20.2 Å². The molecule has 0 saturated heterocycles. The Kier molecular flexibility index (Phi) is 5.76. The molecule has 0 aliphatic rings. The number of hydrogen-bond donors (Lipinski definition) is 1. The molecule has 0 unspecified atom stereocenters. The molecular formula is C18H14ClN3O5S. The van der Waals surface area contributed by atoms with Crippen LogP contribution in [0.15, 0.2) is 41.8 Å². The van der Waals surface area contributed by atoms with E-state index < -0.39 is 10.8 Å². The summed E-state index contributed by atoms with van der Waals surface area (Å²) >= 11 is 7.22. The third-order valence-electron chi connectivity index (χ3n) is 3.82. The van der Waals surface area contributed by atoms with Crippen molar-refractivity contribution in [2.45, 2.75) is 0 Å². The van der Waals surface area contributed by atoms with E-state index in [0.717, 1.165) is 11.6 Å². The van der Waals surface area contributed by atoms with Gasteiger partial charge in [-0.1, -0.05) is 11.6 Å². The van der Waals surface area contributed by atoms with E-state index in [2.05, 4.69) is 10.3 Å². The molecule has 28 heavy (non-hydrogen) atoms. The fraction of sp³-hybridized carbons (Fsp3) is 0.111. The van der Waals surface area contributed by atoms with Gasteiger partial charge in [0.05, 0.1) is 35.4 Å². The van der Waals surface area contributed by atoms with Crippen LogP contribution in [0.3, 0.4) is 0 Å². The Labute approximate surface area is 168 Å². The molecule has 1 amide bonds. The topological polar surface area (TPSA) is 104 Å². The first-order valence-corrected chi connectivity index (χ1v) is 9.12. The number of methoxy groups -OCH3 is 2. The number of rotatable bonds is 6. The quantitative estimate of drug-likeness (QED) is 0.461. The van der Waals surface area contributed by atoms with Crippen LogP contribution < -0.4 is 14.8 Å². The number of carbonyl (C=O) groups is 1. The van der Waals surface area contributed by atoms with Crippen LogP contribution in [0.4, 0.5) is 10.8 Å². The summed E-state index contributed by atoms with van der Waals surface area (Å²) in [5.74, 6) is 0.723. The Morgan fingerprint density at radius 2 is 2.00 bits per heavy atom. The molecule has 2 aromatic carbocycles. The standard InChI is InChI=1S/C18H14ClN3O5S/c1-26-11-4-6-13(16(8-11)27-2)15-9-28-18(20-15)21-17(23)12-5-3-10(22(24)25)7-14(12)19/h3-9H,1-2H3,(H,20,21,23). The van der Waals surface area contributed by atoms with Gasteiger partial charge < -0.3 is 9.47 Å². The van der Waals surface area contributed by atoms with E-state index in [-0.39, 0.29) is 16.3 Å². The molecule has 0 fully saturated rings. The first-order chi connectivity index (χ1) is 13.4. The van der Waals surface area contributed by atoms with E-state index in [1.165, 1.54) is 23.5 Å². The number of nitrogens with zero attached hydrogens (tertiary/aromatic N) is 2. The minimum absolute atomic E-state index is 0.0136. The van der Waals surface area contributed by atoms with Gasteiger partial charge in [-0.05, 0) is 18.2 Å². The minimum atomic E-state index is -0.580. The van der Waals surface area contributed by atoms with Gasteiger partial charge in [0, 0.05) is 29.1 Å². The zero-order chi connectivity index (χ0) is 20.3. The summed E-state index contributed by atoms with van der Waals surface area (Å²) < 4.78 is 10.6. The van der Waals surface area contributed by atoms with Crippen LogP contribution in [0, 0.1) is 10.1 Å². The van der Waals surface area contributed by atoms with Crippen molar-refractivity contribution in [3.8, 4) is 22.8 Å². The van der Waals surface area contributed by atoms with Crippen molar-refractivity contribution in [1.82, 2.24) is 4.98 Å². The molecule has 8 nitrogen and oxygen atoms in total. The summed E-state index contributed by atoms with van der Waals surface area (Å²) in [6.07, 6.45) is 0. The summed E-state index contributed by atoms with van der Waals surface area (Å²) in [5.41, 5.74) is 1.29. The summed E-state index contributed by atoms with van der Waals surface area (Å²) in [7, 11) is 3.11. The van der Waals surface area contributed by atoms with Crippen molar-refractivity contribution in [3.05, 3.63) is 62.5 Å². The molecule has 3 rings (SSSR count). The number of nitro benzene ring substituents is 1. The van der Waals surface area contributed by atoms with Crippen molar-refractivity contribution in [2.75, 3.05) is 19.5 Å². The maximum absolute atomic E-state index is 12.4. The van der Waals surface area contributed by atoms with E-state index in [9.17, 15) is 14.9 Å².